The van der Waals surface area contributed by atoms with E-state index in [1.165, 1.54) is 22.3 Å². The maximum absolute atomic E-state index is 12.2. The number of hydrogen-bond acceptors (Lipinski definition) is 5. The van der Waals surface area contributed by atoms with E-state index in [0.717, 1.165) is 30.0 Å². The van der Waals surface area contributed by atoms with E-state index in [1.54, 1.807) is 0 Å². The molecule has 130 valence electrons. The van der Waals surface area contributed by atoms with Gasteiger partial charge < -0.3 is 14.6 Å². The first-order valence-electron chi connectivity index (χ1n) is 8.50. The minimum atomic E-state index is -0.0513. The van der Waals surface area contributed by atoms with Crippen LogP contribution in [0.25, 0.3) is 10.9 Å². The molecule has 1 aliphatic rings. The minimum absolute atomic E-state index is 0.0395. The minimum Gasteiger partial charge on any atom is -0.371 e. The van der Waals surface area contributed by atoms with Gasteiger partial charge >= 0.3 is 0 Å². The van der Waals surface area contributed by atoms with Gasteiger partial charge in [0.15, 0.2) is 0 Å². The van der Waals surface area contributed by atoms with Crippen LogP contribution in [0.4, 0.5) is 5.13 Å². The summed E-state index contributed by atoms with van der Waals surface area (Å²) < 4.78 is 7.71. The summed E-state index contributed by atoms with van der Waals surface area (Å²) >= 11 is 1.40. The van der Waals surface area contributed by atoms with Gasteiger partial charge in [-0.15, -0.1) is 10.2 Å². The average Bonchev–Trinajstić information content (AvgIpc) is 3.34. The number of anilines is 1. The van der Waals surface area contributed by atoms with E-state index >= 15 is 0 Å². The number of hydrogen-bond donors (Lipinski definition) is 1. The van der Waals surface area contributed by atoms with Crippen molar-refractivity contribution in [3.05, 3.63) is 41.0 Å². The number of rotatable bonds is 5. The molecule has 25 heavy (non-hydrogen) atoms. The Balaban J connectivity index is 1.36. The van der Waals surface area contributed by atoms with Crippen LogP contribution < -0.4 is 5.32 Å². The van der Waals surface area contributed by atoms with Crippen molar-refractivity contribution < 1.29 is 9.53 Å². The van der Waals surface area contributed by atoms with Crippen LogP contribution in [0.1, 0.15) is 35.9 Å². The van der Waals surface area contributed by atoms with E-state index in [9.17, 15) is 4.79 Å². The van der Waals surface area contributed by atoms with Gasteiger partial charge in [-0.2, -0.15) is 0 Å². The van der Waals surface area contributed by atoms with Crippen LogP contribution in [0.3, 0.4) is 0 Å². The average molecular weight is 356 g/mol. The quantitative estimate of drug-likeness (QED) is 0.757. The molecule has 0 saturated carbocycles. The summed E-state index contributed by atoms with van der Waals surface area (Å²) in [5.74, 6) is -0.0513. The molecule has 3 heterocycles. The molecule has 0 spiro atoms. The summed E-state index contributed by atoms with van der Waals surface area (Å²) in [6.07, 6.45) is 4.49. The normalized spacial score (nSPS) is 17.2. The highest BCUT2D eigenvalue weighted by molar-refractivity contribution is 7.15. The third kappa shape index (κ3) is 3.43. The Hall–Kier alpha value is -2.25. The molecule has 1 N–H and O–H groups in total. The summed E-state index contributed by atoms with van der Waals surface area (Å²) in [6.45, 7) is 3.51. The van der Waals surface area contributed by atoms with Crippen molar-refractivity contribution in [3.63, 3.8) is 0 Å². The van der Waals surface area contributed by atoms with Crippen molar-refractivity contribution in [2.75, 3.05) is 11.9 Å². The molecular formula is C18H20N4O2S. The number of aryl methyl sites for hydroxylation is 2. The molecule has 0 aliphatic carbocycles. The van der Waals surface area contributed by atoms with Crippen LogP contribution in [0, 0.1) is 6.92 Å². The summed E-state index contributed by atoms with van der Waals surface area (Å²) in [7, 11) is 0. The maximum Gasteiger partial charge on any atom is 0.227 e. The Labute approximate surface area is 149 Å². The second kappa shape index (κ2) is 6.93. The lowest BCUT2D eigenvalue weighted by molar-refractivity contribution is -0.116. The van der Waals surface area contributed by atoms with Gasteiger partial charge in [-0.05, 0) is 37.5 Å². The number of carbonyl (C=O) groups excluding carboxylic acids is 1. The fourth-order valence-electron chi connectivity index (χ4n) is 3.16. The van der Waals surface area contributed by atoms with Crippen molar-refractivity contribution >= 4 is 33.3 Å². The molecule has 1 amide bonds. The van der Waals surface area contributed by atoms with E-state index in [2.05, 4.69) is 45.2 Å². The maximum atomic E-state index is 12.2. The highest BCUT2D eigenvalue weighted by Crippen LogP contribution is 2.31. The topological polar surface area (TPSA) is 69.0 Å². The Morgan fingerprint density at radius 1 is 1.40 bits per heavy atom. The molecule has 1 unspecified atom stereocenters. The fourth-order valence-corrected chi connectivity index (χ4v) is 4.01. The molecule has 1 aromatic carbocycles. The standard InChI is InChI=1S/C18H20N4O2S/c1-12-4-2-5-14-13(12)7-9-22(14)10-8-16(23)19-18-21-20-17(25-18)15-6-3-11-24-15/h2,4-5,7,9,15H,3,6,8,10-11H2,1H3,(H,19,21,23). The number of nitrogens with zero attached hydrogens (tertiary/aromatic N) is 3. The van der Waals surface area contributed by atoms with Gasteiger partial charge in [0, 0.05) is 36.7 Å². The lowest BCUT2D eigenvalue weighted by atomic mass is 10.1. The monoisotopic (exact) mass is 356 g/mol. The molecule has 1 fully saturated rings. The van der Waals surface area contributed by atoms with Gasteiger partial charge in [0.25, 0.3) is 0 Å². The van der Waals surface area contributed by atoms with E-state index in [1.807, 2.05) is 12.3 Å². The highest BCUT2D eigenvalue weighted by atomic mass is 32.1. The number of ether oxygens (including phenoxy) is 1. The summed E-state index contributed by atoms with van der Waals surface area (Å²) in [5, 5.41) is 13.7. The number of carbonyl (C=O) groups is 1. The Morgan fingerprint density at radius 2 is 2.32 bits per heavy atom. The van der Waals surface area contributed by atoms with Crippen molar-refractivity contribution in [2.24, 2.45) is 0 Å². The molecule has 3 aromatic rings. The molecule has 4 rings (SSSR count). The molecule has 1 saturated heterocycles. The van der Waals surface area contributed by atoms with Crippen LogP contribution in [-0.2, 0) is 16.1 Å². The smallest absolute Gasteiger partial charge is 0.227 e. The van der Waals surface area contributed by atoms with Crippen molar-refractivity contribution in [3.8, 4) is 0 Å². The summed E-state index contributed by atoms with van der Waals surface area (Å²) in [4.78, 5) is 12.2. The second-order valence-corrected chi connectivity index (χ2v) is 7.27. The molecule has 1 atom stereocenters. The van der Waals surface area contributed by atoms with E-state index in [0.29, 0.717) is 18.1 Å². The first-order valence-corrected chi connectivity index (χ1v) is 9.31. The van der Waals surface area contributed by atoms with Gasteiger partial charge in [0.05, 0.1) is 0 Å². The molecule has 0 bridgehead atoms. The van der Waals surface area contributed by atoms with E-state index in [-0.39, 0.29) is 12.0 Å². The lowest BCUT2D eigenvalue weighted by Crippen LogP contribution is -2.14. The van der Waals surface area contributed by atoms with Gasteiger partial charge in [-0.1, -0.05) is 23.5 Å². The number of nitrogens with one attached hydrogen (secondary N) is 1. The van der Waals surface area contributed by atoms with Crippen LogP contribution in [0.15, 0.2) is 30.5 Å². The van der Waals surface area contributed by atoms with Gasteiger partial charge in [-0.25, -0.2) is 0 Å². The fraction of sp³-hybridized carbons (Fsp3) is 0.389. The molecule has 7 heteroatoms. The van der Waals surface area contributed by atoms with E-state index < -0.39 is 0 Å². The molecule has 0 radical (unpaired) electrons. The zero-order valence-corrected chi connectivity index (χ0v) is 14.9. The SMILES string of the molecule is Cc1cccc2c1ccn2CCC(=O)Nc1nnc(C2CCCO2)s1. The van der Waals surface area contributed by atoms with E-state index in [4.69, 9.17) is 4.74 Å². The number of amides is 1. The highest BCUT2D eigenvalue weighted by Gasteiger charge is 2.22. The number of fused-ring (bicyclic) bond motifs is 1. The van der Waals surface area contributed by atoms with Crippen molar-refractivity contribution in [1.82, 2.24) is 14.8 Å². The lowest BCUT2D eigenvalue weighted by Gasteiger charge is -2.06. The Bertz CT molecular complexity index is 896. The largest absolute Gasteiger partial charge is 0.371 e. The Morgan fingerprint density at radius 3 is 3.16 bits per heavy atom. The zero-order valence-electron chi connectivity index (χ0n) is 14.1. The third-order valence-electron chi connectivity index (χ3n) is 4.50. The molecule has 6 nitrogen and oxygen atoms in total. The second-order valence-electron chi connectivity index (χ2n) is 6.26. The van der Waals surface area contributed by atoms with Gasteiger partial charge in [0.1, 0.15) is 11.1 Å². The number of aromatic nitrogens is 3. The summed E-state index contributed by atoms with van der Waals surface area (Å²) in [6, 6.07) is 8.32. The zero-order chi connectivity index (χ0) is 17.2. The van der Waals surface area contributed by atoms with Crippen LogP contribution >= 0.6 is 11.3 Å². The molecule has 1 aliphatic heterocycles. The van der Waals surface area contributed by atoms with Crippen LogP contribution in [0.5, 0.6) is 0 Å². The number of benzene rings is 1. The first kappa shape index (κ1) is 16.2. The Kier molecular flexibility index (Phi) is 4.50. The van der Waals surface area contributed by atoms with Gasteiger partial charge in [0.2, 0.25) is 11.0 Å². The van der Waals surface area contributed by atoms with Crippen molar-refractivity contribution in [1.29, 1.82) is 0 Å². The first-order chi connectivity index (χ1) is 12.2. The predicted molar refractivity (Wildman–Crippen MR) is 97.8 cm³/mol. The van der Waals surface area contributed by atoms with Crippen molar-refractivity contribution in [2.45, 2.75) is 38.8 Å². The molecule has 2 aromatic heterocycles. The molecular weight excluding hydrogens is 336 g/mol. The van der Waals surface area contributed by atoms with Gasteiger partial charge in [-0.3, -0.25) is 4.79 Å². The van der Waals surface area contributed by atoms with Crippen LogP contribution in [-0.4, -0.2) is 27.3 Å². The third-order valence-corrected chi connectivity index (χ3v) is 5.43. The summed E-state index contributed by atoms with van der Waals surface area (Å²) in [5.41, 5.74) is 2.40. The predicted octanol–water partition coefficient (Wildman–Crippen LogP) is 3.68. The van der Waals surface area contributed by atoms with Crippen LogP contribution in [0.2, 0.25) is 0 Å².